The topological polar surface area (TPSA) is 6.48 Å². The first-order chi connectivity index (χ1) is 30.4. The van der Waals surface area contributed by atoms with Gasteiger partial charge < -0.3 is 9.80 Å². The summed E-state index contributed by atoms with van der Waals surface area (Å²) < 4.78 is 0. The van der Waals surface area contributed by atoms with Crippen LogP contribution < -0.4 is 9.80 Å². The molecule has 0 aromatic heterocycles. The Labute approximate surface area is 385 Å². The summed E-state index contributed by atoms with van der Waals surface area (Å²) in [5.74, 6) is 1.91. The fourth-order valence-electron chi connectivity index (χ4n) is 11.0. The number of hydrogen-bond donors (Lipinski definition) is 0. The lowest BCUT2D eigenvalue weighted by atomic mass is 9.72. The van der Waals surface area contributed by atoms with Gasteiger partial charge >= 0.3 is 0 Å². The van der Waals surface area contributed by atoms with Crippen LogP contribution in [0, 0.1) is 13.8 Å². The van der Waals surface area contributed by atoms with Crippen molar-refractivity contribution in [2.45, 2.75) is 131 Å². The second-order valence-corrected chi connectivity index (χ2v) is 21.2. The van der Waals surface area contributed by atoms with Crippen molar-refractivity contribution in [2.75, 3.05) is 9.80 Å². The van der Waals surface area contributed by atoms with Crippen LogP contribution in [0.1, 0.15) is 162 Å². The van der Waals surface area contributed by atoms with Gasteiger partial charge in [-0.25, -0.2) is 0 Å². The average molecular weight is 841 g/mol. The molecule has 0 atom stereocenters. The van der Waals surface area contributed by atoms with Gasteiger partial charge in [0.05, 0.1) is 0 Å². The van der Waals surface area contributed by atoms with Crippen LogP contribution in [0.2, 0.25) is 0 Å². The standard InChI is InChI=1S/C62H68N2/c1-37(2)43-15-23-47(24-16-43)63(48-25-17-44(18-26-48)38(3)4)51-33-41(9)57-53-31-32-54-58-42(10)34-52(36-56(58)62(13,14)60(54)59(53)61(11,12)55(57)35-51)64(49-27-19-45(20-28-49)39(5)6)50-29-21-46(22-30-50)40(7)8/h15-40H,1-14H3. The van der Waals surface area contributed by atoms with Crippen molar-refractivity contribution in [3.8, 4) is 22.3 Å². The number of rotatable bonds is 10. The molecule has 9 rings (SSSR count). The van der Waals surface area contributed by atoms with E-state index in [1.54, 1.807) is 0 Å². The summed E-state index contributed by atoms with van der Waals surface area (Å²) >= 11 is 0. The van der Waals surface area contributed by atoms with Gasteiger partial charge in [0.2, 0.25) is 0 Å². The van der Waals surface area contributed by atoms with Gasteiger partial charge in [-0.2, -0.15) is 0 Å². The van der Waals surface area contributed by atoms with Gasteiger partial charge in [0, 0.05) is 45.0 Å². The molecule has 0 bridgehead atoms. The second kappa shape index (κ2) is 16.0. The smallest absolute Gasteiger partial charge is 0.0467 e. The summed E-state index contributed by atoms with van der Waals surface area (Å²) in [6, 6.07) is 51.6. The molecule has 0 heterocycles. The third-order valence-corrected chi connectivity index (χ3v) is 14.8. The van der Waals surface area contributed by atoms with E-state index in [1.165, 1.54) is 112 Å². The Bertz CT molecular complexity index is 2560. The van der Waals surface area contributed by atoms with Gasteiger partial charge in [-0.3, -0.25) is 0 Å². The molecule has 0 unspecified atom stereocenters. The molecule has 0 aliphatic heterocycles. The van der Waals surface area contributed by atoms with Crippen LogP contribution in [-0.4, -0.2) is 0 Å². The lowest BCUT2D eigenvalue weighted by Gasteiger charge is -2.32. The number of hydrogen-bond acceptors (Lipinski definition) is 2. The largest absolute Gasteiger partial charge is 0.310 e. The minimum Gasteiger partial charge on any atom is -0.310 e. The van der Waals surface area contributed by atoms with E-state index >= 15 is 0 Å². The lowest BCUT2D eigenvalue weighted by molar-refractivity contribution is 0.601. The number of aryl methyl sites for hydroxylation is 2. The van der Waals surface area contributed by atoms with Crippen molar-refractivity contribution < 1.29 is 0 Å². The predicted octanol–water partition coefficient (Wildman–Crippen LogP) is 18.3. The first-order valence-electron chi connectivity index (χ1n) is 23.9. The zero-order valence-corrected chi connectivity index (χ0v) is 40.9. The molecule has 2 heteroatoms. The van der Waals surface area contributed by atoms with Crippen LogP contribution in [0.3, 0.4) is 0 Å². The Balaban J connectivity index is 1.17. The molecule has 0 N–H and O–H groups in total. The number of benzene rings is 7. The molecule has 0 saturated carbocycles. The predicted molar refractivity (Wildman–Crippen MR) is 277 cm³/mol. The van der Waals surface area contributed by atoms with E-state index in [4.69, 9.17) is 0 Å². The molecular formula is C62H68N2. The third-order valence-electron chi connectivity index (χ3n) is 14.8. The SMILES string of the molecule is Cc1cc(N(c2ccc(C(C)C)cc2)c2ccc(C(C)C)cc2)cc2c1-c1ccc3c(c1C2(C)C)C(C)(C)c1cc(N(c2ccc(C(C)C)cc2)c2ccc(C(C)C)cc2)cc(C)c1-3. The van der Waals surface area contributed by atoms with Crippen molar-refractivity contribution in [2.24, 2.45) is 0 Å². The minimum absolute atomic E-state index is 0.232. The summed E-state index contributed by atoms with van der Waals surface area (Å²) in [5.41, 5.74) is 26.0. The molecule has 64 heavy (non-hydrogen) atoms. The highest BCUT2D eigenvalue weighted by molar-refractivity contribution is 5.95. The molecule has 7 aromatic rings. The molecule has 326 valence electrons. The summed E-state index contributed by atoms with van der Waals surface area (Å²) in [7, 11) is 0. The molecule has 7 aromatic carbocycles. The summed E-state index contributed by atoms with van der Waals surface area (Å²) in [5, 5.41) is 0. The molecule has 0 fully saturated rings. The normalized spacial score (nSPS) is 14.3. The van der Waals surface area contributed by atoms with Gasteiger partial charge in [-0.1, -0.05) is 144 Å². The summed E-state index contributed by atoms with van der Waals surface area (Å²) in [6.45, 7) is 32.7. The zero-order chi connectivity index (χ0) is 45.6. The fourth-order valence-corrected chi connectivity index (χ4v) is 11.0. The molecule has 0 saturated heterocycles. The van der Waals surface area contributed by atoms with E-state index in [1.807, 2.05) is 0 Å². The Morgan fingerprint density at radius 3 is 0.812 bits per heavy atom. The lowest BCUT2D eigenvalue weighted by Crippen LogP contribution is -2.24. The van der Waals surface area contributed by atoms with Gasteiger partial charge in [-0.15, -0.1) is 0 Å². The monoisotopic (exact) mass is 841 g/mol. The van der Waals surface area contributed by atoms with Gasteiger partial charge in [0.15, 0.2) is 0 Å². The van der Waals surface area contributed by atoms with Crippen LogP contribution in [0.15, 0.2) is 133 Å². The first-order valence-corrected chi connectivity index (χ1v) is 23.9. The summed E-state index contributed by atoms with van der Waals surface area (Å²) in [6.07, 6.45) is 0. The maximum Gasteiger partial charge on any atom is 0.0467 e. The fraction of sp³-hybridized carbons (Fsp3) is 0.323. The van der Waals surface area contributed by atoms with Crippen molar-refractivity contribution in [3.05, 3.63) is 189 Å². The van der Waals surface area contributed by atoms with Crippen LogP contribution in [0.25, 0.3) is 22.3 Å². The number of fused-ring (bicyclic) bond motifs is 7. The van der Waals surface area contributed by atoms with Crippen LogP contribution in [0.5, 0.6) is 0 Å². The third kappa shape index (κ3) is 7.09. The Morgan fingerprint density at radius 1 is 0.328 bits per heavy atom. The molecule has 0 spiro atoms. The van der Waals surface area contributed by atoms with Crippen molar-refractivity contribution in [1.82, 2.24) is 0 Å². The highest BCUT2D eigenvalue weighted by Gasteiger charge is 2.47. The van der Waals surface area contributed by atoms with Crippen LogP contribution in [-0.2, 0) is 10.8 Å². The molecule has 0 radical (unpaired) electrons. The van der Waals surface area contributed by atoms with Crippen molar-refractivity contribution in [1.29, 1.82) is 0 Å². The minimum atomic E-state index is -0.232. The highest BCUT2D eigenvalue weighted by Crippen LogP contribution is 2.61. The van der Waals surface area contributed by atoms with E-state index in [0.29, 0.717) is 23.7 Å². The molecular weight excluding hydrogens is 773 g/mol. The van der Waals surface area contributed by atoms with Crippen molar-refractivity contribution in [3.63, 3.8) is 0 Å². The summed E-state index contributed by atoms with van der Waals surface area (Å²) in [4.78, 5) is 4.93. The molecule has 2 aliphatic carbocycles. The van der Waals surface area contributed by atoms with E-state index in [-0.39, 0.29) is 10.8 Å². The molecule has 2 nitrogen and oxygen atoms in total. The Hall–Kier alpha value is -5.86. The Kier molecular flexibility index (Phi) is 10.8. The number of nitrogens with zero attached hydrogens (tertiary/aromatic N) is 2. The highest BCUT2D eigenvalue weighted by atomic mass is 15.1. The maximum absolute atomic E-state index is 2.51. The number of anilines is 6. The molecule has 0 amide bonds. The Morgan fingerprint density at radius 2 is 0.578 bits per heavy atom. The zero-order valence-electron chi connectivity index (χ0n) is 40.9. The van der Waals surface area contributed by atoms with E-state index in [0.717, 1.165) is 0 Å². The quantitative estimate of drug-likeness (QED) is 0.135. The van der Waals surface area contributed by atoms with Gasteiger partial charge in [-0.05, 0) is 188 Å². The van der Waals surface area contributed by atoms with Crippen LogP contribution >= 0.6 is 0 Å². The van der Waals surface area contributed by atoms with Crippen molar-refractivity contribution >= 4 is 34.1 Å². The van der Waals surface area contributed by atoms with Crippen LogP contribution in [0.4, 0.5) is 34.1 Å². The van der Waals surface area contributed by atoms with E-state index < -0.39 is 0 Å². The average Bonchev–Trinajstić information content (AvgIpc) is 3.64. The van der Waals surface area contributed by atoms with Gasteiger partial charge in [0.1, 0.15) is 0 Å². The molecule has 2 aliphatic rings. The van der Waals surface area contributed by atoms with Gasteiger partial charge in [0.25, 0.3) is 0 Å². The van der Waals surface area contributed by atoms with E-state index in [2.05, 4.69) is 240 Å². The first kappa shape index (κ1) is 43.4. The maximum atomic E-state index is 2.51. The second-order valence-electron chi connectivity index (χ2n) is 21.2. The van der Waals surface area contributed by atoms with E-state index in [9.17, 15) is 0 Å².